The summed E-state index contributed by atoms with van der Waals surface area (Å²) in [5.41, 5.74) is 0.904. The second kappa shape index (κ2) is 7.78. The molecule has 2 aromatic rings. The molecule has 1 N–H and O–H groups in total. The first kappa shape index (κ1) is 15.5. The van der Waals surface area contributed by atoms with Crippen LogP contribution >= 0.6 is 11.3 Å². The fraction of sp³-hybridized carbons (Fsp3) is 0.375. The van der Waals surface area contributed by atoms with Crippen molar-refractivity contribution in [2.75, 3.05) is 13.1 Å². The van der Waals surface area contributed by atoms with Gasteiger partial charge in [-0.1, -0.05) is 19.1 Å². The molecule has 2 heterocycles. The maximum atomic E-state index is 12.2. The van der Waals surface area contributed by atoms with E-state index in [1.54, 1.807) is 22.4 Å². The lowest BCUT2D eigenvalue weighted by Gasteiger charge is -2.22. The number of urea groups is 1. The third-order valence-corrected chi connectivity index (χ3v) is 4.44. The quantitative estimate of drug-likeness (QED) is 0.888. The molecule has 1 atom stereocenters. The van der Waals surface area contributed by atoms with Gasteiger partial charge in [0.05, 0.1) is 12.2 Å². The number of carbonyl (C=O) groups excluding carboxylic acids is 1. The molecule has 112 valence electrons. The van der Waals surface area contributed by atoms with E-state index in [1.807, 2.05) is 31.2 Å². The van der Waals surface area contributed by atoms with Gasteiger partial charge in [0.2, 0.25) is 0 Å². The van der Waals surface area contributed by atoms with Gasteiger partial charge in [-0.05, 0) is 30.5 Å². The van der Waals surface area contributed by atoms with Crippen molar-refractivity contribution in [1.29, 1.82) is 0 Å². The van der Waals surface area contributed by atoms with Gasteiger partial charge in [0.25, 0.3) is 0 Å². The molecule has 0 aliphatic heterocycles. The van der Waals surface area contributed by atoms with Gasteiger partial charge in [-0.2, -0.15) is 0 Å². The molecule has 0 fully saturated rings. The van der Waals surface area contributed by atoms with E-state index >= 15 is 0 Å². The summed E-state index contributed by atoms with van der Waals surface area (Å²) >= 11 is 1.72. The molecule has 2 rings (SSSR count). The van der Waals surface area contributed by atoms with Gasteiger partial charge < -0.3 is 10.2 Å². The first-order valence-electron chi connectivity index (χ1n) is 7.16. The highest BCUT2D eigenvalue weighted by atomic mass is 32.1. The van der Waals surface area contributed by atoms with Crippen molar-refractivity contribution in [2.24, 2.45) is 0 Å². The summed E-state index contributed by atoms with van der Waals surface area (Å²) in [6.45, 7) is 5.96. The van der Waals surface area contributed by atoms with Crippen molar-refractivity contribution in [1.82, 2.24) is 15.2 Å². The first-order chi connectivity index (χ1) is 10.2. The molecular formula is C16H21N3OS. The largest absolute Gasteiger partial charge is 0.337 e. The topological polar surface area (TPSA) is 45.2 Å². The lowest BCUT2D eigenvalue weighted by atomic mass is 10.1. The summed E-state index contributed by atoms with van der Waals surface area (Å²) in [6, 6.07) is 9.86. The Balaban J connectivity index is 1.85. The fourth-order valence-electron chi connectivity index (χ4n) is 2.04. The van der Waals surface area contributed by atoms with Crippen LogP contribution in [0.25, 0.3) is 0 Å². The van der Waals surface area contributed by atoms with Crippen molar-refractivity contribution in [3.8, 4) is 0 Å². The van der Waals surface area contributed by atoms with Crippen LogP contribution in [-0.4, -0.2) is 29.0 Å². The Hall–Kier alpha value is -1.88. The molecule has 0 saturated carbocycles. The second-order valence-electron chi connectivity index (χ2n) is 4.94. The molecule has 4 nitrogen and oxygen atoms in total. The molecular weight excluding hydrogens is 282 g/mol. The molecule has 0 aromatic carbocycles. The fourth-order valence-corrected chi connectivity index (χ4v) is 2.83. The number of hydrogen-bond acceptors (Lipinski definition) is 3. The van der Waals surface area contributed by atoms with E-state index in [1.165, 1.54) is 4.88 Å². The van der Waals surface area contributed by atoms with Crippen molar-refractivity contribution in [3.05, 3.63) is 52.5 Å². The van der Waals surface area contributed by atoms with Gasteiger partial charge in [0.1, 0.15) is 0 Å². The van der Waals surface area contributed by atoms with Crippen molar-refractivity contribution in [2.45, 2.75) is 26.3 Å². The normalized spacial score (nSPS) is 11.9. The van der Waals surface area contributed by atoms with E-state index in [0.717, 1.165) is 5.69 Å². The summed E-state index contributed by atoms with van der Waals surface area (Å²) in [5.74, 6) is 0.336. The highest BCUT2D eigenvalue weighted by Crippen LogP contribution is 2.19. The number of pyridine rings is 1. The molecule has 21 heavy (non-hydrogen) atoms. The average Bonchev–Trinajstić information content (AvgIpc) is 3.05. The minimum absolute atomic E-state index is 0.0356. The van der Waals surface area contributed by atoms with E-state index in [0.29, 0.717) is 25.6 Å². The molecule has 0 unspecified atom stereocenters. The number of amides is 2. The van der Waals surface area contributed by atoms with Crippen LogP contribution in [0.2, 0.25) is 0 Å². The van der Waals surface area contributed by atoms with Gasteiger partial charge in [-0.25, -0.2) is 4.79 Å². The van der Waals surface area contributed by atoms with Crippen molar-refractivity contribution < 1.29 is 4.79 Å². The van der Waals surface area contributed by atoms with Crippen LogP contribution in [0.15, 0.2) is 41.9 Å². The Kier molecular flexibility index (Phi) is 5.75. The third-order valence-electron chi connectivity index (χ3n) is 3.34. The zero-order chi connectivity index (χ0) is 15.1. The number of hydrogen-bond donors (Lipinski definition) is 1. The summed E-state index contributed by atoms with van der Waals surface area (Å²) in [7, 11) is 0. The number of nitrogens with one attached hydrogen (secondary N) is 1. The number of aromatic nitrogens is 1. The summed E-state index contributed by atoms with van der Waals surface area (Å²) < 4.78 is 0. The zero-order valence-electron chi connectivity index (χ0n) is 12.5. The summed E-state index contributed by atoms with van der Waals surface area (Å²) in [4.78, 5) is 19.6. The first-order valence-corrected chi connectivity index (χ1v) is 8.04. The minimum atomic E-state index is -0.0356. The van der Waals surface area contributed by atoms with Crippen LogP contribution in [0.5, 0.6) is 0 Å². The number of nitrogens with zero attached hydrogens (tertiary/aromatic N) is 2. The predicted molar refractivity (Wildman–Crippen MR) is 86.5 cm³/mol. The molecule has 0 radical (unpaired) electrons. The Morgan fingerprint density at radius 3 is 2.86 bits per heavy atom. The second-order valence-corrected chi connectivity index (χ2v) is 5.92. The molecule has 0 bridgehead atoms. The van der Waals surface area contributed by atoms with E-state index in [-0.39, 0.29) is 6.03 Å². The van der Waals surface area contributed by atoms with E-state index in [2.05, 4.69) is 28.7 Å². The summed E-state index contributed by atoms with van der Waals surface area (Å²) in [6.07, 6.45) is 1.75. The minimum Gasteiger partial charge on any atom is -0.337 e. The Bertz CT molecular complexity index is 542. The summed E-state index contributed by atoms with van der Waals surface area (Å²) in [5, 5.41) is 5.07. The molecule has 2 aromatic heterocycles. The van der Waals surface area contributed by atoms with E-state index < -0.39 is 0 Å². The molecule has 0 spiro atoms. The van der Waals surface area contributed by atoms with Gasteiger partial charge in [-0.15, -0.1) is 11.3 Å². The number of thiophene rings is 1. The van der Waals surface area contributed by atoms with Gasteiger partial charge in [0.15, 0.2) is 0 Å². The standard InChI is InChI=1S/C16H21N3OS/c1-3-19(12-14-7-4-5-9-17-14)16(20)18-11-13(2)15-8-6-10-21-15/h4-10,13H,3,11-12H2,1-2H3,(H,18,20)/t13-/m1/s1. The third kappa shape index (κ3) is 4.56. The highest BCUT2D eigenvalue weighted by molar-refractivity contribution is 7.10. The maximum Gasteiger partial charge on any atom is 0.317 e. The van der Waals surface area contributed by atoms with Gasteiger partial charge >= 0.3 is 6.03 Å². The Labute approximate surface area is 129 Å². The molecule has 2 amide bonds. The highest BCUT2D eigenvalue weighted by Gasteiger charge is 2.14. The lowest BCUT2D eigenvalue weighted by Crippen LogP contribution is -2.40. The smallest absolute Gasteiger partial charge is 0.317 e. The van der Waals surface area contributed by atoms with Crippen LogP contribution < -0.4 is 5.32 Å². The van der Waals surface area contributed by atoms with Gasteiger partial charge in [-0.3, -0.25) is 4.98 Å². The van der Waals surface area contributed by atoms with E-state index in [4.69, 9.17) is 0 Å². The average molecular weight is 303 g/mol. The molecule has 0 aliphatic rings. The monoisotopic (exact) mass is 303 g/mol. The lowest BCUT2D eigenvalue weighted by molar-refractivity contribution is 0.197. The van der Waals surface area contributed by atoms with Crippen LogP contribution in [0.4, 0.5) is 4.79 Å². The number of carbonyl (C=O) groups is 1. The van der Waals surface area contributed by atoms with E-state index in [9.17, 15) is 4.79 Å². The Morgan fingerprint density at radius 1 is 1.38 bits per heavy atom. The maximum absolute atomic E-state index is 12.2. The van der Waals surface area contributed by atoms with Crippen molar-refractivity contribution >= 4 is 17.4 Å². The molecule has 0 saturated heterocycles. The van der Waals surface area contributed by atoms with Crippen LogP contribution in [0, 0.1) is 0 Å². The zero-order valence-corrected chi connectivity index (χ0v) is 13.3. The van der Waals surface area contributed by atoms with Crippen LogP contribution in [-0.2, 0) is 6.54 Å². The van der Waals surface area contributed by atoms with Crippen LogP contribution in [0.3, 0.4) is 0 Å². The molecule has 5 heteroatoms. The molecule has 0 aliphatic carbocycles. The Morgan fingerprint density at radius 2 is 2.24 bits per heavy atom. The van der Waals surface area contributed by atoms with Crippen LogP contribution in [0.1, 0.15) is 30.3 Å². The number of rotatable bonds is 6. The van der Waals surface area contributed by atoms with Crippen molar-refractivity contribution in [3.63, 3.8) is 0 Å². The predicted octanol–water partition coefficient (Wildman–Crippen LogP) is 3.48. The SMILES string of the molecule is CCN(Cc1ccccn1)C(=O)NC[C@@H](C)c1cccs1. The van der Waals surface area contributed by atoms with Gasteiger partial charge in [0, 0.05) is 30.1 Å².